The van der Waals surface area contributed by atoms with Gasteiger partial charge in [-0.1, -0.05) is 6.92 Å². The standard InChI is InChI=1S/C12H18N4O3/c1-3-5-9-13-10(15-14-9)11(17)16-7-4-6-8(16)12(18)19-2/h8H,3-7H2,1-2H3,(H,13,14,15). The summed E-state index contributed by atoms with van der Waals surface area (Å²) in [6.45, 7) is 2.56. The van der Waals surface area contributed by atoms with Gasteiger partial charge in [0.15, 0.2) is 0 Å². The molecule has 0 aromatic carbocycles. The first kappa shape index (κ1) is 13.5. The molecule has 1 amide bonds. The van der Waals surface area contributed by atoms with Crippen molar-refractivity contribution in [3.05, 3.63) is 11.6 Å². The van der Waals surface area contributed by atoms with Crippen LogP contribution in [0.15, 0.2) is 0 Å². The fourth-order valence-corrected chi connectivity index (χ4v) is 2.26. The molecule has 1 N–H and O–H groups in total. The van der Waals surface area contributed by atoms with Gasteiger partial charge < -0.3 is 9.64 Å². The first-order chi connectivity index (χ1) is 9.17. The van der Waals surface area contributed by atoms with Crippen LogP contribution in [0.3, 0.4) is 0 Å². The van der Waals surface area contributed by atoms with E-state index >= 15 is 0 Å². The van der Waals surface area contributed by atoms with Gasteiger partial charge in [0.05, 0.1) is 7.11 Å². The monoisotopic (exact) mass is 266 g/mol. The number of H-pyrrole nitrogens is 1. The maximum Gasteiger partial charge on any atom is 0.328 e. The van der Waals surface area contributed by atoms with Crippen LogP contribution in [0.25, 0.3) is 0 Å². The fraction of sp³-hybridized carbons (Fsp3) is 0.667. The summed E-state index contributed by atoms with van der Waals surface area (Å²) < 4.78 is 4.71. The second-order valence-electron chi connectivity index (χ2n) is 4.54. The largest absolute Gasteiger partial charge is 0.467 e. The van der Waals surface area contributed by atoms with Gasteiger partial charge in [-0.25, -0.2) is 9.78 Å². The summed E-state index contributed by atoms with van der Waals surface area (Å²) in [5.41, 5.74) is 0. The Hall–Kier alpha value is -1.92. The number of aromatic nitrogens is 3. The maximum atomic E-state index is 12.3. The Labute approximate surface area is 111 Å². The van der Waals surface area contributed by atoms with Crippen LogP contribution in [0.5, 0.6) is 0 Å². The molecule has 104 valence electrons. The zero-order valence-electron chi connectivity index (χ0n) is 11.2. The molecule has 1 aromatic rings. The van der Waals surface area contributed by atoms with Crippen molar-refractivity contribution in [2.75, 3.05) is 13.7 Å². The van der Waals surface area contributed by atoms with Crippen molar-refractivity contribution in [2.24, 2.45) is 0 Å². The van der Waals surface area contributed by atoms with Crippen molar-refractivity contribution >= 4 is 11.9 Å². The van der Waals surface area contributed by atoms with Crippen molar-refractivity contribution in [3.8, 4) is 0 Å². The Morgan fingerprint density at radius 1 is 1.53 bits per heavy atom. The normalized spacial score (nSPS) is 18.6. The molecule has 1 unspecified atom stereocenters. The molecule has 2 heterocycles. The Bertz CT molecular complexity index is 471. The van der Waals surface area contributed by atoms with Gasteiger partial charge in [-0.2, -0.15) is 0 Å². The average Bonchev–Trinajstić information content (AvgIpc) is 3.06. The summed E-state index contributed by atoms with van der Waals surface area (Å²) in [4.78, 5) is 29.5. The molecule has 7 heteroatoms. The number of aromatic amines is 1. The minimum Gasteiger partial charge on any atom is -0.467 e. The van der Waals surface area contributed by atoms with Crippen LogP contribution in [0, 0.1) is 0 Å². The van der Waals surface area contributed by atoms with E-state index in [0.717, 1.165) is 19.3 Å². The summed E-state index contributed by atoms with van der Waals surface area (Å²) in [7, 11) is 1.33. The van der Waals surface area contributed by atoms with Crippen LogP contribution in [0.4, 0.5) is 0 Å². The van der Waals surface area contributed by atoms with Gasteiger partial charge in [-0.3, -0.25) is 9.89 Å². The molecule has 1 fully saturated rings. The van der Waals surface area contributed by atoms with Crippen LogP contribution >= 0.6 is 0 Å². The molecule has 0 radical (unpaired) electrons. The van der Waals surface area contributed by atoms with Gasteiger partial charge in [-0.15, -0.1) is 5.10 Å². The minimum atomic E-state index is -0.509. The fourth-order valence-electron chi connectivity index (χ4n) is 2.26. The molecule has 2 rings (SSSR count). The predicted octanol–water partition coefficient (Wildman–Crippen LogP) is 0.535. The summed E-state index contributed by atoms with van der Waals surface area (Å²) >= 11 is 0. The van der Waals surface area contributed by atoms with E-state index in [1.165, 1.54) is 12.0 Å². The van der Waals surface area contributed by atoms with Gasteiger partial charge in [0, 0.05) is 13.0 Å². The van der Waals surface area contributed by atoms with Crippen molar-refractivity contribution in [3.63, 3.8) is 0 Å². The third kappa shape index (κ3) is 2.74. The number of esters is 1. The SMILES string of the molecule is CCCc1nc(C(=O)N2CCCC2C(=O)OC)n[nH]1. The molecule has 1 aromatic heterocycles. The second kappa shape index (κ2) is 5.81. The molecule has 0 aliphatic carbocycles. The van der Waals surface area contributed by atoms with E-state index in [1.807, 2.05) is 6.92 Å². The molecular weight excluding hydrogens is 248 g/mol. The first-order valence-electron chi connectivity index (χ1n) is 6.47. The molecule has 1 aliphatic heterocycles. The van der Waals surface area contributed by atoms with E-state index in [0.29, 0.717) is 18.8 Å². The summed E-state index contributed by atoms with van der Waals surface area (Å²) in [6.07, 6.45) is 3.10. The molecule has 1 atom stereocenters. The molecule has 0 bridgehead atoms. The number of carbonyl (C=O) groups excluding carboxylic acids is 2. The van der Waals surface area contributed by atoms with E-state index in [-0.39, 0.29) is 17.7 Å². The van der Waals surface area contributed by atoms with Crippen molar-refractivity contribution in [1.29, 1.82) is 0 Å². The Morgan fingerprint density at radius 2 is 2.32 bits per heavy atom. The quantitative estimate of drug-likeness (QED) is 0.803. The van der Waals surface area contributed by atoms with E-state index in [9.17, 15) is 9.59 Å². The number of carbonyl (C=O) groups is 2. The Morgan fingerprint density at radius 3 is 3.00 bits per heavy atom. The molecule has 1 saturated heterocycles. The molecule has 19 heavy (non-hydrogen) atoms. The second-order valence-corrected chi connectivity index (χ2v) is 4.54. The Balaban J connectivity index is 2.11. The molecule has 0 spiro atoms. The van der Waals surface area contributed by atoms with Crippen molar-refractivity contribution in [2.45, 2.75) is 38.6 Å². The number of amides is 1. The highest BCUT2D eigenvalue weighted by Crippen LogP contribution is 2.20. The minimum absolute atomic E-state index is 0.124. The summed E-state index contributed by atoms with van der Waals surface area (Å²) in [5, 5.41) is 6.66. The van der Waals surface area contributed by atoms with Gasteiger partial charge in [0.1, 0.15) is 11.9 Å². The summed E-state index contributed by atoms with van der Waals surface area (Å²) in [5.74, 6) is 0.126. The lowest BCUT2D eigenvalue weighted by Gasteiger charge is -2.20. The number of ether oxygens (including phenoxy) is 1. The highest BCUT2D eigenvalue weighted by Gasteiger charge is 2.36. The number of hydrogen-bond acceptors (Lipinski definition) is 5. The first-order valence-corrected chi connectivity index (χ1v) is 6.47. The number of aryl methyl sites for hydroxylation is 1. The number of likely N-dealkylation sites (tertiary alicyclic amines) is 1. The van der Waals surface area contributed by atoms with Crippen LogP contribution in [-0.2, 0) is 16.0 Å². The average molecular weight is 266 g/mol. The topological polar surface area (TPSA) is 88.2 Å². The van der Waals surface area contributed by atoms with Crippen LogP contribution in [0.2, 0.25) is 0 Å². The van der Waals surface area contributed by atoms with E-state index in [2.05, 4.69) is 15.2 Å². The van der Waals surface area contributed by atoms with Crippen molar-refractivity contribution < 1.29 is 14.3 Å². The third-order valence-corrected chi connectivity index (χ3v) is 3.20. The summed E-state index contributed by atoms with van der Waals surface area (Å²) in [6, 6.07) is -0.509. The van der Waals surface area contributed by atoms with Crippen molar-refractivity contribution in [1.82, 2.24) is 20.1 Å². The van der Waals surface area contributed by atoms with Gasteiger partial charge in [0.25, 0.3) is 5.91 Å². The van der Waals surface area contributed by atoms with Gasteiger partial charge in [0.2, 0.25) is 5.82 Å². The number of nitrogens with zero attached hydrogens (tertiary/aromatic N) is 3. The molecule has 7 nitrogen and oxygen atoms in total. The van der Waals surface area contributed by atoms with E-state index in [1.54, 1.807) is 0 Å². The number of rotatable bonds is 4. The lowest BCUT2D eigenvalue weighted by molar-refractivity contribution is -0.145. The van der Waals surface area contributed by atoms with E-state index < -0.39 is 6.04 Å². The molecular formula is C12H18N4O3. The maximum absolute atomic E-state index is 12.3. The van der Waals surface area contributed by atoms with Gasteiger partial charge >= 0.3 is 5.97 Å². The van der Waals surface area contributed by atoms with Crippen LogP contribution in [0.1, 0.15) is 42.6 Å². The number of hydrogen-bond donors (Lipinski definition) is 1. The zero-order chi connectivity index (χ0) is 13.8. The number of nitrogens with one attached hydrogen (secondary N) is 1. The van der Waals surface area contributed by atoms with E-state index in [4.69, 9.17) is 4.74 Å². The van der Waals surface area contributed by atoms with Crippen LogP contribution in [-0.4, -0.2) is 51.7 Å². The Kier molecular flexibility index (Phi) is 4.13. The molecule has 0 saturated carbocycles. The smallest absolute Gasteiger partial charge is 0.328 e. The van der Waals surface area contributed by atoms with Crippen LogP contribution < -0.4 is 0 Å². The highest BCUT2D eigenvalue weighted by molar-refractivity contribution is 5.94. The van der Waals surface area contributed by atoms with Gasteiger partial charge in [-0.05, 0) is 19.3 Å². The number of methoxy groups -OCH3 is 1. The highest BCUT2D eigenvalue weighted by atomic mass is 16.5. The lowest BCUT2D eigenvalue weighted by Crippen LogP contribution is -2.41. The predicted molar refractivity (Wildman–Crippen MR) is 66.5 cm³/mol. The molecule has 1 aliphatic rings. The third-order valence-electron chi connectivity index (χ3n) is 3.20. The zero-order valence-corrected chi connectivity index (χ0v) is 11.2. The lowest BCUT2D eigenvalue weighted by atomic mass is 10.2.